The lowest BCUT2D eigenvalue weighted by Gasteiger charge is -2.30. The first kappa shape index (κ1) is 15.2. The van der Waals surface area contributed by atoms with Gasteiger partial charge in [-0.1, -0.05) is 12.8 Å². The first-order valence-electron chi connectivity index (χ1n) is 8.00. The molecule has 4 heteroatoms. The third-order valence-corrected chi connectivity index (χ3v) is 4.37. The summed E-state index contributed by atoms with van der Waals surface area (Å²) in [4.78, 5) is 19.0. The van der Waals surface area contributed by atoms with Gasteiger partial charge in [-0.15, -0.1) is 0 Å². The number of rotatable bonds is 2. The highest BCUT2D eigenvalue weighted by Gasteiger charge is 2.27. The number of amides is 1. The molecule has 0 saturated carbocycles. The fraction of sp³-hybridized carbons (Fsp3) is 0.316. The van der Waals surface area contributed by atoms with Crippen LogP contribution in [0.15, 0.2) is 48.8 Å². The van der Waals surface area contributed by atoms with Crippen molar-refractivity contribution in [2.75, 3.05) is 6.54 Å². The highest BCUT2D eigenvalue weighted by atomic mass is 16.2. The summed E-state index contributed by atoms with van der Waals surface area (Å²) in [6, 6.07) is 13.1. The molecule has 2 heterocycles. The molecule has 3 rings (SSSR count). The Bertz CT molecular complexity index is 704. The lowest BCUT2D eigenvalue weighted by Crippen LogP contribution is -2.34. The second-order valence-electron chi connectivity index (χ2n) is 5.83. The number of benzene rings is 1. The molecule has 0 bridgehead atoms. The number of nitriles is 1. The number of likely N-dealkylation sites (tertiary alicyclic amines) is 1. The highest BCUT2D eigenvalue weighted by molar-refractivity contribution is 5.94. The molecule has 0 radical (unpaired) electrons. The monoisotopic (exact) mass is 305 g/mol. The van der Waals surface area contributed by atoms with Crippen molar-refractivity contribution in [1.82, 2.24) is 9.88 Å². The molecule has 1 aromatic carbocycles. The molecule has 1 fully saturated rings. The van der Waals surface area contributed by atoms with Crippen LogP contribution < -0.4 is 0 Å². The van der Waals surface area contributed by atoms with Crippen LogP contribution in [0.5, 0.6) is 0 Å². The van der Waals surface area contributed by atoms with Crippen molar-refractivity contribution < 1.29 is 4.79 Å². The van der Waals surface area contributed by atoms with Crippen molar-refractivity contribution in [3.8, 4) is 6.07 Å². The maximum Gasteiger partial charge on any atom is 0.254 e. The standard InChI is InChI=1S/C19H19N3O/c20-14-15-5-7-17(8-6-15)19(23)22-13-3-1-2-4-18(22)16-9-11-21-12-10-16/h5-12,18H,1-4,13H2. The van der Waals surface area contributed by atoms with Gasteiger partial charge in [0, 0.05) is 24.5 Å². The lowest BCUT2D eigenvalue weighted by molar-refractivity contribution is 0.0681. The van der Waals surface area contributed by atoms with Crippen LogP contribution in [-0.2, 0) is 0 Å². The average Bonchev–Trinajstić information content (AvgIpc) is 2.88. The quantitative estimate of drug-likeness (QED) is 0.850. The Hall–Kier alpha value is -2.67. The summed E-state index contributed by atoms with van der Waals surface area (Å²) in [5, 5.41) is 8.89. The number of nitrogens with zero attached hydrogens (tertiary/aromatic N) is 3. The fourth-order valence-corrected chi connectivity index (χ4v) is 3.14. The second-order valence-corrected chi connectivity index (χ2v) is 5.83. The number of carbonyl (C=O) groups excluding carboxylic acids is 1. The van der Waals surface area contributed by atoms with Gasteiger partial charge in [-0.3, -0.25) is 9.78 Å². The smallest absolute Gasteiger partial charge is 0.254 e. The van der Waals surface area contributed by atoms with E-state index in [4.69, 9.17) is 5.26 Å². The van der Waals surface area contributed by atoms with Gasteiger partial charge in [0.25, 0.3) is 5.91 Å². The van der Waals surface area contributed by atoms with E-state index in [1.54, 1.807) is 36.7 Å². The van der Waals surface area contributed by atoms with E-state index in [0.29, 0.717) is 11.1 Å². The van der Waals surface area contributed by atoms with Gasteiger partial charge in [0.15, 0.2) is 0 Å². The van der Waals surface area contributed by atoms with Crippen LogP contribution >= 0.6 is 0 Å². The number of pyridine rings is 1. The molecule has 1 amide bonds. The summed E-state index contributed by atoms with van der Waals surface area (Å²) >= 11 is 0. The Morgan fingerprint density at radius 1 is 1.09 bits per heavy atom. The highest BCUT2D eigenvalue weighted by Crippen LogP contribution is 2.31. The number of hydrogen-bond acceptors (Lipinski definition) is 3. The molecule has 2 aromatic rings. The van der Waals surface area contributed by atoms with Crippen LogP contribution in [0, 0.1) is 11.3 Å². The molecule has 23 heavy (non-hydrogen) atoms. The van der Waals surface area contributed by atoms with Gasteiger partial charge in [0.2, 0.25) is 0 Å². The Morgan fingerprint density at radius 2 is 1.83 bits per heavy atom. The Balaban J connectivity index is 1.89. The Kier molecular flexibility index (Phi) is 4.68. The zero-order valence-electron chi connectivity index (χ0n) is 13.0. The summed E-state index contributed by atoms with van der Waals surface area (Å²) in [6.45, 7) is 0.770. The minimum atomic E-state index is 0.0400. The molecule has 0 spiro atoms. The molecule has 1 aliphatic rings. The summed E-state index contributed by atoms with van der Waals surface area (Å²) in [7, 11) is 0. The molecular weight excluding hydrogens is 286 g/mol. The van der Waals surface area contributed by atoms with E-state index < -0.39 is 0 Å². The number of aromatic nitrogens is 1. The maximum atomic E-state index is 13.0. The fourth-order valence-electron chi connectivity index (χ4n) is 3.14. The van der Waals surface area contributed by atoms with Crippen LogP contribution in [0.4, 0.5) is 0 Å². The molecule has 1 unspecified atom stereocenters. The van der Waals surface area contributed by atoms with Crippen molar-refractivity contribution in [2.24, 2.45) is 0 Å². The van der Waals surface area contributed by atoms with Crippen molar-refractivity contribution in [3.63, 3.8) is 0 Å². The van der Waals surface area contributed by atoms with Gasteiger partial charge in [0.05, 0.1) is 17.7 Å². The van der Waals surface area contributed by atoms with E-state index in [9.17, 15) is 4.79 Å². The summed E-state index contributed by atoms with van der Waals surface area (Å²) in [5.74, 6) is 0.0400. The predicted molar refractivity (Wildman–Crippen MR) is 87.6 cm³/mol. The molecule has 1 saturated heterocycles. The molecule has 1 aliphatic heterocycles. The van der Waals surface area contributed by atoms with Crippen LogP contribution in [-0.4, -0.2) is 22.3 Å². The molecular formula is C19H19N3O. The molecule has 1 aromatic heterocycles. The Labute approximate surface area is 136 Å². The second kappa shape index (κ2) is 7.06. The topological polar surface area (TPSA) is 57.0 Å². The third kappa shape index (κ3) is 3.40. The number of carbonyl (C=O) groups is 1. The van der Waals surface area contributed by atoms with E-state index in [-0.39, 0.29) is 11.9 Å². The predicted octanol–water partition coefficient (Wildman–Crippen LogP) is 3.71. The van der Waals surface area contributed by atoms with Gasteiger partial charge >= 0.3 is 0 Å². The largest absolute Gasteiger partial charge is 0.332 e. The Morgan fingerprint density at radius 3 is 2.52 bits per heavy atom. The van der Waals surface area contributed by atoms with E-state index in [2.05, 4.69) is 11.1 Å². The molecule has 0 N–H and O–H groups in total. The molecule has 116 valence electrons. The number of hydrogen-bond donors (Lipinski definition) is 0. The average molecular weight is 305 g/mol. The lowest BCUT2D eigenvalue weighted by atomic mass is 10.0. The van der Waals surface area contributed by atoms with Crippen molar-refractivity contribution >= 4 is 5.91 Å². The SMILES string of the molecule is N#Cc1ccc(C(=O)N2CCCCCC2c2ccncc2)cc1. The van der Waals surface area contributed by atoms with E-state index in [1.807, 2.05) is 17.0 Å². The van der Waals surface area contributed by atoms with Crippen molar-refractivity contribution in [1.29, 1.82) is 5.26 Å². The van der Waals surface area contributed by atoms with Gasteiger partial charge in [-0.25, -0.2) is 0 Å². The minimum Gasteiger partial charge on any atom is -0.332 e. The molecule has 1 atom stereocenters. The summed E-state index contributed by atoms with van der Waals surface area (Å²) < 4.78 is 0. The van der Waals surface area contributed by atoms with E-state index in [0.717, 1.165) is 37.8 Å². The van der Waals surface area contributed by atoms with Crippen LogP contribution in [0.2, 0.25) is 0 Å². The van der Waals surface area contributed by atoms with E-state index >= 15 is 0 Å². The normalized spacial score (nSPS) is 18.0. The zero-order chi connectivity index (χ0) is 16.1. The zero-order valence-corrected chi connectivity index (χ0v) is 13.0. The molecule has 0 aliphatic carbocycles. The third-order valence-electron chi connectivity index (χ3n) is 4.37. The van der Waals surface area contributed by atoms with Gasteiger partial charge in [-0.2, -0.15) is 5.26 Å². The van der Waals surface area contributed by atoms with Crippen molar-refractivity contribution in [3.05, 3.63) is 65.5 Å². The summed E-state index contributed by atoms with van der Waals surface area (Å²) in [5.41, 5.74) is 2.36. The molecule has 4 nitrogen and oxygen atoms in total. The summed E-state index contributed by atoms with van der Waals surface area (Å²) in [6.07, 6.45) is 7.85. The van der Waals surface area contributed by atoms with Crippen LogP contribution in [0.1, 0.15) is 53.2 Å². The van der Waals surface area contributed by atoms with Gasteiger partial charge in [0.1, 0.15) is 0 Å². The maximum absolute atomic E-state index is 13.0. The van der Waals surface area contributed by atoms with E-state index in [1.165, 1.54) is 0 Å². The first-order chi connectivity index (χ1) is 11.3. The van der Waals surface area contributed by atoms with Gasteiger partial charge < -0.3 is 4.90 Å². The van der Waals surface area contributed by atoms with Crippen molar-refractivity contribution in [2.45, 2.75) is 31.7 Å². The van der Waals surface area contributed by atoms with Gasteiger partial charge in [-0.05, 0) is 54.8 Å². The minimum absolute atomic E-state index is 0.0400. The van der Waals surface area contributed by atoms with Crippen LogP contribution in [0.25, 0.3) is 0 Å². The first-order valence-corrected chi connectivity index (χ1v) is 8.00. The van der Waals surface area contributed by atoms with Crippen LogP contribution in [0.3, 0.4) is 0 Å².